The number of nitro groups is 2. The fourth-order valence-electron chi connectivity index (χ4n) is 2.69. The number of hydrogen-bond donors (Lipinski definition) is 1. The van der Waals surface area contributed by atoms with Crippen LogP contribution in [0.3, 0.4) is 0 Å². The van der Waals surface area contributed by atoms with E-state index in [0.717, 1.165) is 11.1 Å². The van der Waals surface area contributed by atoms with Crippen LogP contribution in [0, 0.1) is 20.2 Å². The van der Waals surface area contributed by atoms with Gasteiger partial charge in [-0.25, -0.2) is 0 Å². The first-order valence-electron chi connectivity index (χ1n) is 6.51. The van der Waals surface area contributed by atoms with Gasteiger partial charge < -0.3 is 5.73 Å². The van der Waals surface area contributed by atoms with Crippen molar-refractivity contribution in [2.24, 2.45) is 5.73 Å². The highest BCUT2D eigenvalue weighted by atomic mass is 16.6. The number of nitro benzene ring substituents is 2. The normalized spacial score (nSPS) is 11.8. The van der Waals surface area contributed by atoms with E-state index in [0.29, 0.717) is 16.7 Å². The Balaban J connectivity index is 2.26. The van der Waals surface area contributed by atoms with Crippen LogP contribution in [0.2, 0.25) is 0 Å². The summed E-state index contributed by atoms with van der Waals surface area (Å²) in [6.45, 7) is 0.236. The lowest BCUT2D eigenvalue weighted by Gasteiger charge is -2.02. The van der Waals surface area contributed by atoms with Crippen LogP contribution in [0.15, 0.2) is 42.5 Å². The van der Waals surface area contributed by atoms with Crippen molar-refractivity contribution in [3.05, 3.63) is 73.8 Å². The summed E-state index contributed by atoms with van der Waals surface area (Å²) in [5.41, 5.74) is 9.20. The van der Waals surface area contributed by atoms with Crippen molar-refractivity contribution < 1.29 is 9.85 Å². The fraction of sp³-hybridized carbons (Fsp3) is 0.0667. The number of benzene rings is 2. The molecule has 22 heavy (non-hydrogen) atoms. The van der Waals surface area contributed by atoms with Gasteiger partial charge in [-0.05, 0) is 40.0 Å². The maximum atomic E-state index is 11.0. The van der Waals surface area contributed by atoms with E-state index in [1.54, 1.807) is 18.2 Å². The molecule has 110 valence electrons. The molecule has 2 aromatic carbocycles. The molecule has 0 saturated carbocycles. The summed E-state index contributed by atoms with van der Waals surface area (Å²) >= 11 is 0. The number of nitrogens with zero attached hydrogens (tertiary/aromatic N) is 2. The van der Waals surface area contributed by atoms with Crippen LogP contribution in [0.4, 0.5) is 11.4 Å². The third kappa shape index (κ3) is 2.04. The Morgan fingerprint density at radius 2 is 1.32 bits per heavy atom. The lowest BCUT2D eigenvalue weighted by Crippen LogP contribution is -1.96. The molecule has 0 atom stereocenters. The number of fused-ring (bicyclic) bond motifs is 3. The Kier molecular flexibility index (Phi) is 3.19. The molecule has 0 unspecified atom stereocenters. The van der Waals surface area contributed by atoms with Gasteiger partial charge in [0.15, 0.2) is 0 Å². The van der Waals surface area contributed by atoms with E-state index in [2.05, 4.69) is 0 Å². The molecule has 0 heterocycles. The molecule has 7 nitrogen and oxygen atoms in total. The smallest absolute Gasteiger partial charge is 0.270 e. The molecule has 7 heteroatoms. The zero-order valence-electron chi connectivity index (χ0n) is 11.4. The van der Waals surface area contributed by atoms with Crippen LogP contribution in [-0.4, -0.2) is 16.4 Å². The summed E-state index contributed by atoms with van der Waals surface area (Å²) in [6.07, 6.45) is 1.72. The number of non-ortho nitro benzene ring substituents is 2. The molecule has 1 aliphatic rings. The molecule has 0 aliphatic heterocycles. The molecule has 2 N–H and O–H groups in total. The van der Waals surface area contributed by atoms with Crippen molar-refractivity contribution in [1.82, 2.24) is 0 Å². The van der Waals surface area contributed by atoms with Gasteiger partial charge in [0.2, 0.25) is 0 Å². The Hall–Kier alpha value is -3.06. The second-order valence-electron chi connectivity index (χ2n) is 4.83. The average molecular weight is 297 g/mol. The molecule has 1 aliphatic carbocycles. The third-order valence-corrected chi connectivity index (χ3v) is 3.62. The minimum atomic E-state index is -0.466. The predicted octanol–water partition coefficient (Wildman–Crippen LogP) is 2.87. The number of hydrogen-bond acceptors (Lipinski definition) is 5. The van der Waals surface area contributed by atoms with E-state index >= 15 is 0 Å². The van der Waals surface area contributed by atoms with Crippen LogP contribution in [0.5, 0.6) is 0 Å². The fourth-order valence-corrected chi connectivity index (χ4v) is 2.69. The third-order valence-electron chi connectivity index (χ3n) is 3.62. The molecule has 2 aromatic rings. The Morgan fingerprint density at radius 1 is 0.864 bits per heavy atom. The zero-order chi connectivity index (χ0) is 15.9. The maximum absolute atomic E-state index is 11.0. The van der Waals surface area contributed by atoms with Crippen LogP contribution < -0.4 is 5.73 Å². The number of rotatable bonds is 3. The molecule has 3 rings (SSSR count). The Morgan fingerprint density at radius 3 is 1.68 bits per heavy atom. The summed E-state index contributed by atoms with van der Waals surface area (Å²) < 4.78 is 0. The lowest BCUT2D eigenvalue weighted by molar-refractivity contribution is -0.385. The molecular formula is C15H11N3O4. The molecule has 0 aromatic heterocycles. The van der Waals surface area contributed by atoms with E-state index in [1.165, 1.54) is 24.3 Å². The first-order valence-corrected chi connectivity index (χ1v) is 6.51. The highest BCUT2D eigenvalue weighted by Gasteiger charge is 2.27. The van der Waals surface area contributed by atoms with Gasteiger partial charge >= 0.3 is 0 Å². The summed E-state index contributed by atoms with van der Waals surface area (Å²) in [7, 11) is 0. The van der Waals surface area contributed by atoms with Crippen molar-refractivity contribution in [3.63, 3.8) is 0 Å². The molecule has 0 amide bonds. The highest BCUT2D eigenvalue weighted by Crippen LogP contribution is 2.46. The van der Waals surface area contributed by atoms with E-state index in [-0.39, 0.29) is 17.9 Å². The summed E-state index contributed by atoms with van der Waals surface area (Å²) in [5, 5.41) is 21.9. The van der Waals surface area contributed by atoms with Gasteiger partial charge in [0.25, 0.3) is 11.4 Å². The maximum Gasteiger partial charge on any atom is 0.270 e. The van der Waals surface area contributed by atoms with Crippen molar-refractivity contribution in [1.29, 1.82) is 0 Å². The topological polar surface area (TPSA) is 112 Å². The van der Waals surface area contributed by atoms with Gasteiger partial charge in [-0.3, -0.25) is 20.2 Å². The predicted molar refractivity (Wildman–Crippen MR) is 81.3 cm³/mol. The average Bonchev–Trinajstić information content (AvgIpc) is 2.80. The highest BCUT2D eigenvalue weighted by molar-refractivity contribution is 6.02. The van der Waals surface area contributed by atoms with Gasteiger partial charge in [0.1, 0.15) is 0 Å². The van der Waals surface area contributed by atoms with Crippen molar-refractivity contribution >= 4 is 16.9 Å². The van der Waals surface area contributed by atoms with Gasteiger partial charge in [-0.1, -0.05) is 6.08 Å². The molecule has 0 bridgehead atoms. The van der Waals surface area contributed by atoms with Crippen LogP contribution in [-0.2, 0) is 0 Å². The Bertz CT molecular complexity index is 777. The largest absolute Gasteiger partial charge is 0.327 e. The van der Waals surface area contributed by atoms with E-state index in [9.17, 15) is 20.2 Å². The summed E-state index contributed by atoms with van der Waals surface area (Å²) in [4.78, 5) is 21.0. The standard InChI is InChI=1S/C15H11N3O4/c16-6-5-13-14-7-9(17(19)20)1-3-11(14)12-4-2-10(18(21)22)8-15(12)13/h1-5,7-8H,6,16H2. The van der Waals surface area contributed by atoms with Crippen LogP contribution in [0.25, 0.3) is 16.7 Å². The van der Waals surface area contributed by atoms with Crippen molar-refractivity contribution in [2.45, 2.75) is 0 Å². The van der Waals surface area contributed by atoms with E-state index < -0.39 is 9.85 Å². The second kappa shape index (κ2) is 5.05. The van der Waals surface area contributed by atoms with Gasteiger partial charge in [-0.2, -0.15) is 0 Å². The molecule has 0 radical (unpaired) electrons. The summed E-state index contributed by atoms with van der Waals surface area (Å²) in [5.74, 6) is 0. The van der Waals surface area contributed by atoms with Crippen LogP contribution in [0.1, 0.15) is 11.1 Å². The molecule has 0 fully saturated rings. The van der Waals surface area contributed by atoms with Crippen molar-refractivity contribution in [3.8, 4) is 11.1 Å². The monoisotopic (exact) mass is 297 g/mol. The van der Waals surface area contributed by atoms with E-state index in [4.69, 9.17) is 5.73 Å². The SMILES string of the molecule is NCC=C1c2cc([N+](=O)[O-])ccc2-c2ccc([N+](=O)[O-])cc21. The van der Waals surface area contributed by atoms with Crippen molar-refractivity contribution in [2.75, 3.05) is 6.54 Å². The quantitative estimate of drug-likeness (QED) is 0.590. The summed E-state index contributed by atoms with van der Waals surface area (Å²) in [6, 6.07) is 9.13. The van der Waals surface area contributed by atoms with Crippen LogP contribution >= 0.6 is 0 Å². The zero-order valence-corrected chi connectivity index (χ0v) is 11.4. The lowest BCUT2D eigenvalue weighted by atomic mass is 10.0. The first-order chi connectivity index (χ1) is 10.5. The minimum absolute atomic E-state index is 0.0241. The van der Waals surface area contributed by atoms with Gasteiger partial charge in [-0.15, -0.1) is 0 Å². The Labute approximate surface area is 125 Å². The van der Waals surface area contributed by atoms with Gasteiger partial charge in [0, 0.05) is 30.8 Å². The molecular weight excluding hydrogens is 286 g/mol. The first kappa shape index (κ1) is 13.9. The molecule has 0 saturated heterocycles. The second-order valence-corrected chi connectivity index (χ2v) is 4.83. The minimum Gasteiger partial charge on any atom is -0.327 e. The van der Waals surface area contributed by atoms with E-state index in [1.807, 2.05) is 0 Å². The molecule has 0 spiro atoms. The van der Waals surface area contributed by atoms with Gasteiger partial charge in [0.05, 0.1) is 9.85 Å². The number of nitrogens with two attached hydrogens (primary N) is 1.